The highest BCUT2D eigenvalue weighted by Crippen LogP contribution is 2.33. The van der Waals surface area contributed by atoms with Crippen LogP contribution in [0.4, 0.5) is 5.13 Å². The molecule has 3 fully saturated rings. The minimum atomic E-state index is -3.35. The number of benzene rings is 1. The summed E-state index contributed by atoms with van der Waals surface area (Å²) in [6, 6.07) is 6.26. The van der Waals surface area contributed by atoms with Gasteiger partial charge in [0, 0.05) is 61.9 Å². The van der Waals surface area contributed by atoms with Gasteiger partial charge in [-0.3, -0.25) is 19.8 Å². The summed E-state index contributed by atoms with van der Waals surface area (Å²) in [5.41, 5.74) is 0.454. The van der Waals surface area contributed by atoms with E-state index in [0.717, 1.165) is 4.88 Å². The molecular formula is C28H37N5O7S2. The Balaban J connectivity index is 1.25. The van der Waals surface area contributed by atoms with Gasteiger partial charge in [-0.2, -0.15) is 0 Å². The maximum absolute atomic E-state index is 13.4. The van der Waals surface area contributed by atoms with Gasteiger partial charge in [-0.15, -0.1) is 11.3 Å². The highest BCUT2D eigenvalue weighted by molar-refractivity contribution is 7.92. The van der Waals surface area contributed by atoms with Gasteiger partial charge in [0.15, 0.2) is 26.8 Å². The second kappa shape index (κ2) is 13.2. The van der Waals surface area contributed by atoms with E-state index in [9.17, 15) is 18.0 Å². The van der Waals surface area contributed by atoms with E-state index in [1.165, 1.54) is 30.6 Å². The molecule has 1 aromatic heterocycles. The van der Waals surface area contributed by atoms with Crippen molar-refractivity contribution < 1.29 is 32.3 Å². The average Bonchev–Trinajstić information content (AvgIpc) is 3.53. The lowest BCUT2D eigenvalue weighted by molar-refractivity contribution is -0.143. The van der Waals surface area contributed by atoms with Crippen LogP contribution in [0.3, 0.4) is 0 Å². The van der Waals surface area contributed by atoms with Gasteiger partial charge >= 0.3 is 0 Å². The van der Waals surface area contributed by atoms with E-state index in [0.29, 0.717) is 62.8 Å². The second-order valence-corrected chi connectivity index (χ2v) is 14.4. The molecule has 42 heavy (non-hydrogen) atoms. The molecule has 228 valence electrons. The van der Waals surface area contributed by atoms with Gasteiger partial charge in [0.2, 0.25) is 5.91 Å². The van der Waals surface area contributed by atoms with Gasteiger partial charge in [0.05, 0.1) is 23.4 Å². The van der Waals surface area contributed by atoms with Crippen LogP contribution < -0.4 is 5.32 Å². The van der Waals surface area contributed by atoms with E-state index in [2.05, 4.69) is 20.4 Å². The van der Waals surface area contributed by atoms with Crippen molar-refractivity contribution in [2.24, 2.45) is 5.16 Å². The largest absolute Gasteiger partial charge is 0.389 e. The number of ether oxygens (including phenoxy) is 2. The summed E-state index contributed by atoms with van der Waals surface area (Å²) in [7, 11) is -1.83. The summed E-state index contributed by atoms with van der Waals surface area (Å²) in [4.78, 5) is 41.2. The van der Waals surface area contributed by atoms with Crippen LogP contribution in [0.15, 0.2) is 40.5 Å². The van der Waals surface area contributed by atoms with Crippen LogP contribution >= 0.6 is 11.3 Å². The van der Waals surface area contributed by atoms with Crippen molar-refractivity contribution in [1.29, 1.82) is 0 Å². The normalized spacial score (nSPS) is 23.6. The van der Waals surface area contributed by atoms with Crippen molar-refractivity contribution in [2.75, 3.05) is 45.3 Å². The molecule has 12 nitrogen and oxygen atoms in total. The number of methoxy groups -OCH3 is 1. The summed E-state index contributed by atoms with van der Waals surface area (Å²) >= 11 is 1.36. The number of anilines is 1. The number of carbonyl (C=O) groups is 2. The van der Waals surface area contributed by atoms with Gasteiger partial charge in [-0.25, -0.2) is 13.4 Å². The minimum absolute atomic E-state index is 0.0129. The lowest BCUT2D eigenvalue weighted by Crippen LogP contribution is -2.58. The van der Waals surface area contributed by atoms with Crippen LogP contribution in [0.25, 0.3) is 0 Å². The fourth-order valence-corrected chi connectivity index (χ4v) is 7.89. The molecule has 1 saturated carbocycles. The minimum Gasteiger partial charge on any atom is -0.389 e. The average molecular weight is 620 g/mol. The molecule has 1 aromatic carbocycles. The summed E-state index contributed by atoms with van der Waals surface area (Å²) in [6.07, 6.45) is 3.49. The Morgan fingerprint density at radius 2 is 1.86 bits per heavy atom. The summed E-state index contributed by atoms with van der Waals surface area (Å²) in [6.45, 7) is 7.15. The first-order valence-electron chi connectivity index (χ1n) is 14.1. The number of rotatable bonds is 11. The molecule has 2 aromatic rings. The van der Waals surface area contributed by atoms with Crippen LogP contribution in [0, 0.1) is 0 Å². The van der Waals surface area contributed by atoms with Crippen molar-refractivity contribution >= 4 is 43.8 Å². The zero-order valence-electron chi connectivity index (χ0n) is 24.0. The Kier molecular flexibility index (Phi) is 9.57. The first-order chi connectivity index (χ1) is 20.2. The van der Waals surface area contributed by atoms with Crippen LogP contribution in [0.2, 0.25) is 0 Å². The fraction of sp³-hybridized carbons (Fsp3) is 0.571. The number of aromatic nitrogens is 1. The molecule has 5 rings (SSSR count). The standard InChI is InChI=1S/C28H37N5O7S2/c1-18-13-32(14-19(2)33(18)25(34)17-38-3)15-22-12-29-28(41-22)30-27(35)26(31-40-21-10-11-39-16-21)20-4-6-23(7-5-20)42(36,37)24-8-9-24/h4-7,12,18-19,21,24H,8-11,13-17H2,1-3H3,(H,29,30,35)/t18-,19+,21-/m1/s1. The molecule has 3 heterocycles. The summed E-state index contributed by atoms with van der Waals surface area (Å²) in [5.74, 6) is -0.527. The lowest BCUT2D eigenvalue weighted by atomic mass is 10.1. The SMILES string of the molecule is COCC(=O)N1[C@H](C)CN(Cc2cnc(NC(=O)C(=NO[C@@H]3CCOC3)c3ccc(S(=O)(=O)C4CC4)cc3)s2)C[C@@H]1C. The number of nitrogens with one attached hydrogen (secondary N) is 1. The first-order valence-corrected chi connectivity index (χ1v) is 16.5. The fourth-order valence-electron chi connectivity index (χ4n) is 5.39. The Labute approximate surface area is 249 Å². The van der Waals surface area contributed by atoms with E-state index in [4.69, 9.17) is 14.3 Å². The third kappa shape index (κ3) is 7.17. The van der Waals surface area contributed by atoms with E-state index in [1.807, 2.05) is 18.7 Å². The molecule has 2 aliphatic heterocycles. The third-order valence-electron chi connectivity index (χ3n) is 7.52. The van der Waals surface area contributed by atoms with Crippen LogP contribution in [0.5, 0.6) is 0 Å². The van der Waals surface area contributed by atoms with Crippen molar-refractivity contribution in [1.82, 2.24) is 14.8 Å². The quantitative estimate of drug-likeness (QED) is 0.296. The number of carbonyl (C=O) groups excluding carboxylic acids is 2. The van der Waals surface area contributed by atoms with Gasteiger partial charge < -0.3 is 19.2 Å². The molecule has 2 amide bonds. The van der Waals surface area contributed by atoms with E-state index in [-0.39, 0.29) is 46.6 Å². The Morgan fingerprint density at radius 3 is 2.48 bits per heavy atom. The molecule has 2 saturated heterocycles. The maximum atomic E-state index is 13.4. The van der Waals surface area contributed by atoms with Crippen LogP contribution in [-0.4, -0.2) is 104 Å². The Hall–Kier alpha value is -2.91. The van der Waals surface area contributed by atoms with Crippen molar-refractivity contribution in [3.63, 3.8) is 0 Å². The van der Waals surface area contributed by atoms with Crippen LogP contribution in [-0.2, 0) is 40.3 Å². The van der Waals surface area contributed by atoms with Crippen molar-refractivity contribution in [3.05, 3.63) is 40.9 Å². The molecule has 0 radical (unpaired) electrons. The Bertz CT molecular complexity index is 1390. The summed E-state index contributed by atoms with van der Waals surface area (Å²) < 4.78 is 35.6. The van der Waals surface area contributed by atoms with Crippen molar-refractivity contribution in [2.45, 2.75) is 68.0 Å². The number of oxime groups is 1. The summed E-state index contributed by atoms with van der Waals surface area (Å²) in [5, 5.41) is 7.08. The van der Waals surface area contributed by atoms with E-state index in [1.54, 1.807) is 18.3 Å². The third-order valence-corrected chi connectivity index (χ3v) is 10.7. The molecule has 1 aliphatic carbocycles. The zero-order chi connectivity index (χ0) is 29.9. The number of piperazine rings is 1. The molecule has 3 aliphatic rings. The topological polar surface area (TPSA) is 140 Å². The number of sulfone groups is 1. The molecule has 0 unspecified atom stereocenters. The monoisotopic (exact) mass is 619 g/mol. The number of nitrogens with zero attached hydrogens (tertiary/aromatic N) is 4. The zero-order valence-corrected chi connectivity index (χ0v) is 25.7. The maximum Gasteiger partial charge on any atom is 0.280 e. The predicted octanol–water partition coefficient (Wildman–Crippen LogP) is 2.30. The van der Waals surface area contributed by atoms with Crippen LogP contribution in [0.1, 0.15) is 43.6 Å². The molecule has 1 N–H and O–H groups in total. The van der Waals surface area contributed by atoms with E-state index >= 15 is 0 Å². The number of hydrogen-bond donors (Lipinski definition) is 1. The first kappa shape index (κ1) is 30.5. The molecule has 14 heteroatoms. The van der Waals surface area contributed by atoms with E-state index < -0.39 is 15.7 Å². The molecule has 0 bridgehead atoms. The van der Waals surface area contributed by atoms with Gasteiger partial charge in [-0.1, -0.05) is 17.3 Å². The molecule has 0 spiro atoms. The van der Waals surface area contributed by atoms with Gasteiger partial charge in [-0.05, 0) is 38.8 Å². The van der Waals surface area contributed by atoms with Gasteiger partial charge in [0.25, 0.3) is 5.91 Å². The van der Waals surface area contributed by atoms with Crippen molar-refractivity contribution in [3.8, 4) is 0 Å². The molecule has 3 atom stereocenters. The number of amides is 2. The number of hydrogen-bond acceptors (Lipinski definition) is 11. The predicted molar refractivity (Wildman–Crippen MR) is 157 cm³/mol. The lowest BCUT2D eigenvalue weighted by Gasteiger charge is -2.44. The second-order valence-electron chi connectivity index (χ2n) is 11.0. The number of thiazole rings is 1. The highest BCUT2D eigenvalue weighted by Gasteiger charge is 2.37. The smallest absolute Gasteiger partial charge is 0.280 e. The highest BCUT2D eigenvalue weighted by atomic mass is 32.2. The van der Waals surface area contributed by atoms with Gasteiger partial charge in [0.1, 0.15) is 6.61 Å². The Morgan fingerprint density at radius 1 is 1.14 bits per heavy atom. The molecular weight excluding hydrogens is 582 g/mol.